The summed E-state index contributed by atoms with van der Waals surface area (Å²) in [6.45, 7) is 1.76. The van der Waals surface area contributed by atoms with Gasteiger partial charge in [-0.25, -0.2) is 13.4 Å². The van der Waals surface area contributed by atoms with Gasteiger partial charge in [0.15, 0.2) is 0 Å². The summed E-state index contributed by atoms with van der Waals surface area (Å²) in [7, 11) is -3.74. The molecular formula is C15H13N3O3S. The number of benzene rings is 1. The Balaban J connectivity index is 2.08. The van der Waals surface area contributed by atoms with Crippen molar-refractivity contribution < 1.29 is 8.42 Å². The number of H-pyrrole nitrogens is 1. The maximum Gasteiger partial charge on any atom is 0.263 e. The van der Waals surface area contributed by atoms with E-state index >= 15 is 0 Å². The van der Waals surface area contributed by atoms with E-state index in [1.165, 1.54) is 24.4 Å². The Hall–Kier alpha value is -2.67. The Kier molecular flexibility index (Phi) is 3.42. The topological polar surface area (TPSA) is 91.9 Å². The number of hydrogen-bond acceptors (Lipinski definition) is 4. The number of nitrogens with one attached hydrogen (secondary N) is 2. The molecule has 2 aromatic heterocycles. The zero-order valence-corrected chi connectivity index (χ0v) is 12.5. The quantitative estimate of drug-likeness (QED) is 0.773. The lowest BCUT2D eigenvalue weighted by Gasteiger charge is -2.09. The molecule has 0 atom stereocenters. The van der Waals surface area contributed by atoms with E-state index in [-0.39, 0.29) is 16.3 Å². The first-order valence-corrected chi connectivity index (χ1v) is 8.01. The molecule has 0 saturated carbocycles. The average molecular weight is 315 g/mol. The van der Waals surface area contributed by atoms with E-state index < -0.39 is 10.0 Å². The number of hydrogen-bond donors (Lipinski definition) is 2. The number of sulfonamides is 1. The van der Waals surface area contributed by atoms with E-state index in [1.807, 2.05) is 0 Å². The van der Waals surface area contributed by atoms with Crippen LogP contribution in [0.15, 0.2) is 58.4 Å². The SMILES string of the molecule is Cc1cc(=O)[nH]c2ccc(S(=O)(=O)Nc3ccccn3)cc12. The molecule has 0 radical (unpaired) electrons. The summed E-state index contributed by atoms with van der Waals surface area (Å²) in [5.74, 6) is 0.251. The van der Waals surface area contributed by atoms with Gasteiger partial charge >= 0.3 is 0 Å². The molecule has 3 rings (SSSR count). The van der Waals surface area contributed by atoms with Gasteiger partial charge in [-0.1, -0.05) is 6.07 Å². The molecule has 0 bridgehead atoms. The van der Waals surface area contributed by atoms with E-state index in [9.17, 15) is 13.2 Å². The first kappa shape index (κ1) is 14.3. The fraction of sp³-hybridized carbons (Fsp3) is 0.0667. The van der Waals surface area contributed by atoms with Gasteiger partial charge in [-0.3, -0.25) is 9.52 Å². The third-order valence-corrected chi connectivity index (χ3v) is 4.59. The van der Waals surface area contributed by atoms with E-state index in [0.717, 1.165) is 0 Å². The van der Waals surface area contributed by atoms with Gasteiger partial charge in [-0.15, -0.1) is 0 Å². The molecule has 7 heteroatoms. The second-order valence-electron chi connectivity index (χ2n) is 4.84. The molecule has 6 nitrogen and oxygen atoms in total. The third kappa shape index (κ3) is 2.71. The number of aryl methyl sites for hydroxylation is 1. The molecule has 0 aliphatic rings. The van der Waals surface area contributed by atoms with Crippen LogP contribution in [0.2, 0.25) is 0 Å². The molecule has 0 fully saturated rings. The minimum absolute atomic E-state index is 0.112. The molecule has 112 valence electrons. The third-order valence-electron chi connectivity index (χ3n) is 3.24. The predicted octanol–water partition coefficient (Wildman–Crippen LogP) is 2.03. The van der Waals surface area contributed by atoms with Crippen LogP contribution in [0, 0.1) is 6.92 Å². The van der Waals surface area contributed by atoms with E-state index in [2.05, 4.69) is 14.7 Å². The lowest BCUT2D eigenvalue weighted by molar-refractivity contribution is 0.601. The fourth-order valence-electron chi connectivity index (χ4n) is 2.19. The zero-order chi connectivity index (χ0) is 15.7. The highest BCUT2D eigenvalue weighted by Gasteiger charge is 2.15. The van der Waals surface area contributed by atoms with Gasteiger partial charge in [0, 0.05) is 23.2 Å². The van der Waals surface area contributed by atoms with Crippen molar-refractivity contribution in [1.82, 2.24) is 9.97 Å². The molecule has 22 heavy (non-hydrogen) atoms. The number of aromatic amines is 1. The molecule has 1 aromatic carbocycles. The first-order chi connectivity index (χ1) is 10.5. The number of aromatic nitrogens is 2. The number of rotatable bonds is 3. The second kappa shape index (κ2) is 5.27. The van der Waals surface area contributed by atoms with Crippen molar-refractivity contribution in [3.63, 3.8) is 0 Å². The summed E-state index contributed by atoms with van der Waals surface area (Å²) < 4.78 is 27.2. The van der Waals surface area contributed by atoms with E-state index in [1.54, 1.807) is 31.2 Å². The van der Waals surface area contributed by atoms with Crippen LogP contribution in [0.5, 0.6) is 0 Å². The molecule has 0 aliphatic heterocycles. The number of anilines is 1. The van der Waals surface area contributed by atoms with Crippen molar-refractivity contribution in [3.05, 3.63) is 64.6 Å². The maximum atomic E-state index is 12.4. The molecule has 0 amide bonds. The Morgan fingerprint density at radius 1 is 1.14 bits per heavy atom. The van der Waals surface area contributed by atoms with Crippen molar-refractivity contribution in [1.29, 1.82) is 0 Å². The summed E-state index contributed by atoms with van der Waals surface area (Å²) in [6.07, 6.45) is 1.51. The molecule has 0 aliphatic carbocycles. The fourth-order valence-corrected chi connectivity index (χ4v) is 3.22. The van der Waals surface area contributed by atoms with Gasteiger partial charge in [-0.2, -0.15) is 0 Å². The molecule has 2 heterocycles. The van der Waals surface area contributed by atoms with Crippen LogP contribution in [-0.2, 0) is 10.0 Å². The Bertz CT molecular complexity index is 995. The summed E-state index contributed by atoms with van der Waals surface area (Å²) in [4.78, 5) is 18.2. The zero-order valence-electron chi connectivity index (χ0n) is 11.7. The van der Waals surface area contributed by atoms with Gasteiger partial charge in [0.1, 0.15) is 5.82 Å². The Labute approximate surface area is 126 Å². The Morgan fingerprint density at radius 2 is 1.95 bits per heavy atom. The molecule has 0 unspecified atom stereocenters. The average Bonchev–Trinajstić information content (AvgIpc) is 2.47. The molecular weight excluding hydrogens is 302 g/mol. The summed E-state index contributed by atoms with van der Waals surface area (Å²) >= 11 is 0. The number of nitrogens with zero attached hydrogens (tertiary/aromatic N) is 1. The van der Waals surface area contributed by atoms with E-state index in [0.29, 0.717) is 16.5 Å². The molecule has 0 spiro atoms. The smallest absolute Gasteiger partial charge is 0.263 e. The normalized spacial score (nSPS) is 11.5. The highest BCUT2D eigenvalue weighted by Crippen LogP contribution is 2.21. The summed E-state index contributed by atoms with van der Waals surface area (Å²) in [5.41, 5.74) is 1.10. The van der Waals surface area contributed by atoms with Crippen LogP contribution in [0.3, 0.4) is 0 Å². The van der Waals surface area contributed by atoms with Gasteiger partial charge in [0.05, 0.1) is 4.90 Å². The van der Waals surface area contributed by atoms with Gasteiger partial charge in [0.2, 0.25) is 5.56 Å². The minimum Gasteiger partial charge on any atom is -0.322 e. The van der Waals surface area contributed by atoms with Crippen molar-refractivity contribution >= 4 is 26.7 Å². The Morgan fingerprint density at radius 3 is 2.68 bits per heavy atom. The van der Waals surface area contributed by atoms with Crippen LogP contribution >= 0.6 is 0 Å². The van der Waals surface area contributed by atoms with Crippen molar-refractivity contribution in [3.8, 4) is 0 Å². The summed E-state index contributed by atoms with van der Waals surface area (Å²) in [6, 6.07) is 11.0. The number of fused-ring (bicyclic) bond motifs is 1. The van der Waals surface area contributed by atoms with Gasteiger partial charge in [-0.05, 0) is 42.8 Å². The second-order valence-corrected chi connectivity index (χ2v) is 6.53. The van der Waals surface area contributed by atoms with Crippen LogP contribution in [0.25, 0.3) is 10.9 Å². The van der Waals surface area contributed by atoms with Crippen LogP contribution in [-0.4, -0.2) is 18.4 Å². The standard InChI is InChI=1S/C15H13N3O3S/c1-10-8-15(19)17-13-6-5-11(9-12(10)13)22(20,21)18-14-4-2-3-7-16-14/h2-9H,1H3,(H,16,18)(H,17,19). The van der Waals surface area contributed by atoms with Crippen molar-refractivity contribution in [2.75, 3.05) is 4.72 Å². The lowest BCUT2D eigenvalue weighted by atomic mass is 10.1. The minimum atomic E-state index is -3.74. The van der Waals surface area contributed by atoms with Gasteiger partial charge < -0.3 is 4.98 Å². The summed E-state index contributed by atoms with van der Waals surface area (Å²) in [5, 5.41) is 0.684. The maximum absolute atomic E-state index is 12.4. The highest BCUT2D eigenvalue weighted by molar-refractivity contribution is 7.92. The van der Waals surface area contributed by atoms with Crippen molar-refractivity contribution in [2.24, 2.45) is 0 Å². The van der Waals surface area contributed by atoms with Crippen LogP contribution < -0.4 is 10.3 Å². The molecule has 0 saturated heterocycles. The highest BCUT2D eigenvalue weighted by atomic mass is 32.2. The molecule has 3 aromatic rings. The number of pyridine rings is 2. The lowest BCUT2D eigenvalue weighted by Crippen LogP contribution is -2.14. The van der Waals surface area contributed by atoms with Gasteiger partial charge in [0.25, 0.3) is 10.0 Å². The largest absolute Gasteiger partial charge is 0.322 e. The van der Waals surface area contributed by atoms with Crippen LogP contribution in [0.1, 0.15) is 5.56 Å². The predicted molar refractivity (Wildman–Crippen MR) is 84.4 cm³/mol. The monoisotopic (exact) mass is 315 g/mol. The van der Waals surface area contributed by atoms with Crippen molar-refractivity contribution in [2.45, 2.75) is 11.8 Å². The van der Waals surface area contributed by atoms with Crippen LogP contribution in [0.4, 0.5) is 5.82 Å². The first-order valence-electron chi connectivity index (χ1n) is 6.53. The van der Waals surface area contributed by atoms with E-state index in [4.69, 9.17) is 0 Å². The molecule has 2 N–H and O–H groups in total.